The number of benzene rings is 1. The highest BCUT2D eigenvalue weighted by Crippen LogP contribution is 2.22. The molecule has 0 fully saturated rings. The van der Waals surface area contributed by atoms with Crippen molar-refractivity contribution in [1.29, 1.82) is 0 Å². The molecule has 0 unspecified atom stereocenters. The van der Waals surface area contributed by atoms with Crippen molar-refractivity contribution in [1.82, 2.24) is 0 Å². The first-order valence-electron chi connectivity index (χ1n) is 3.91. The first-order chi connectivity index (χ1) is 6.70. The highest BCUT2D eigenvalue weighted by Gasteiger charge is 2.18. The summed E-state index contributed by atoms with van der Waals surface area (Å²) in [6.45, 7) is 0.123. The van der Waals surface area contributed by atoms with Crippen molar-refractivity contribution < 1.29 is 14.5 Å². The fourth-order valence-electron chi connectivity index (χ4n) is 1.20. The molecule has 0 saturated heterocycles. The fourth-order valence-corrected chi connectivity index (χ4v) is 1.20. The molecular weight excluding hydrogens is 186 g/mol. The molecule has 5 nitrogen and oxygen atoms in total. The number of methoxy groups -OCH3 is 1. The van der Waals surface area contributed by atoms with Gasteiger partial charge in [0.15, 0.2) is 6.29 Å². The summed E-state index contributed by atoms with van der Waals surface area (Å²) in [5.41, 5.74) is 0.302. The van der Waals surface area contributed by atoms with Crippen LogP contribution in [0.4, 0.5) is 5.69 Å². The van der Waals surface area contributed by atoms with Gasteiger partial charge in [0.1, 0.15) is 0 Å². The van der Waals surface area contributed by atoms with Gasteiger partial charge < -0.3 is 4.74 Å². The Balaban J connectivity index is 3.27. The summed E-state index contributed by atoms with van der Waals surface area (Å²) in [5, 5.41) is 10.7. The molecule has 74 valence electrons. The molecular formula is C9H9NO4. The van der Waals surface area contributed by atoms with Gasteiger partial charge in [-0.05, 0) is 12.1 Å². The number of para-hydroxylation sites is 1. The van der Waals surface area contributed by atoms with Gasteiger partial charge in [-0.15, -0.1) is 0 Å². The number of carbonyl (C=O) groups excluding carboxylic acids is 1. The Morgan fingerprint density at radius 1 is 1.57 bits per heavy atom. The van der Waals surface area contributed by atoms with Gasteiger partial charge in [0.2, 0.25) is 0 Å². The highest BCUT2D eigenvalue weighted by molar-refractivity contribution is 5.82. The number of carbonyl (C=O) groups is 1. The molecule has 1 rings (SSSR count). The number of aldehydes is 1. The second kappa shape index (κ2) is 4.48. The lowest BCUT2D eigenvalue weighted by Gasteiger charge is -2.02. The number of ether oxygens (including phenoxy) is 1. The Kier molecular flexibility index (Phi) is 3.30. The van der Waals surface area contributed by atoms with Crippen molar-refractivity contribution in [3.63, 3.8) is 0 Å². The molecule has 1 aromatic rings. The van der Waals surface area contributed by atoms with E-state index in [1.54, 1.807) is 12.1 Å². The zero-order chi connectivity index (χ0) is 10.6. The SMILES string of the molecule is COCc1cccc(C=O)c1[N+](=O)[O-]. The monoisotopic (exact) mass is 195 g/mol. The van der Waals surface area contributed by atoms with E-state index in [2.05, 4.69) is 0 Å². The third-order valence-electron chi connectivity index (χ3n) is 1.76. The van der Waals surface area contributed by atoms with Crippen LogP contribution in [0, 0.1) is 10.1 Å². The Morgan fingerprint density at radius 2 is 2.29 bits per heavy atom. The largest absolute Gasteiger partial charge is 0.380 e. The van der Waals surface area contributed by atoms with E-state index in [9.17, 15) is 14.9 Å². The maximum Gasteiger partial charge on any atom is 0.285 e. The minimum Gasteiger partial charge on any atom is -0.380 e. The van der Waals surface area contributed by atoms with Crippen molar-refractivity contribution in [2.75, 3.05) is 7.11 Å². The maximum atomic E-state index is 10.7. The Bertz CT molecular complexity index is 362. The topological polar surface area (TPSA) is 69.4 Å². The Labute approximate surface area is 80.5 Å². The van der Waals surface area contributed by atoms with Crippen LogP contribution in [0.2, 0.25) is 0 Å². The third kappa shape index (κ3) is 1.94. The normalized spacial score (nSPS) is 9.79. The van der Waals surface area contributed by atoms with Crippen LogP contribution < -0.4 is 0 Å². The first-order valence-corrected chi connectivity index (χ1v) is 3.91. The number of rotatable bonds is 4. The van der Waals surface area contributed by atoms with Crippen molar-refractivity contribution in [3.05, 3.63) is 39.4 Å². The molecule has 0 aromatic heterocycles. The summed E-state index contributed by atoms with van der Waals surface area (Å²) >= 11 is 0. The van der Waals surface area contributed by atoms with Crippen molar-refractivity contribution in [2.45, 2.75) is 6.61 Å². The van der Waals surface area contributed by atoms with E-state index in [1.807, 2.05) is 0 Å². The zero-order valence-electron chi connectivity index (χ0n) is 7.60. The lowest BCUT2D eigenvalue weighted by molar-refractivity contribution is -0.386. The summed E-state index contributed by atoms with van der Waals surface area (Å²) in [5.74, 6) is 0. The van der Waals surface area contributed by atoms with Gasteiger partial charge in [-0.25, -0.2) is 0 Å². The lowest BCUT2D eigenvalue weighted by Crippen LogP contribution is -2.00. The van der Waals surface area contributed by atoms with E-state index in [1.165, 1.54) is 13.2 Å². The van der Waals surface area contributed by atoms with Crippen LogP contribution in [-0.4, -0.2) is 18.3 Å². The van der Waals surface area contributed by atoms with Crippen LogP contribution in [-0.2, 0) is 11.3 Å². The molecule has 0 amide bonds. The van der Waals surface area contributed by atoms with E-state index in [0.717, 1.165) is 0 Å². The van der Waals surface area contributed by atoms with Crippen molar-refractivity contribution >= 4 is 12.0 Å². The van der Waals surface area contributed by atoms with E-state index in [-0.39, 0.29) is 17.9 Å². The summed E-state index contributed by atoms with van der Waals surface area (Å²) in [6.07, 6.45) is 0.470. The molecule has 0 saturated carbocycles. The molecule has 0 spiro atoms. The van der Waals surface area contributed by atoms with E-state index in [4.69, 9.17) is 4.74 Å². The second-order valence-electron chi connectivity index (χ2n) is 2.66. The number of hydrogen-bond donors (Lipinski definition) is 0. The molecule has 0 radical (unpaired) electrons. The van der Waals surface area contributed by atoms with Crippen LogP contribution in [0.15, 0.2) is 18.2 Å². The van der Waals surface area contributed by atoms with Gasteiger partial charge in [0, 0.05) is 7.11 Å². The van der Waals surface area contributed by atoms with Crippen LogP contribution in [0.3, 0.4) is 0 Å². The summed E-state index contributed by atoms with van der Waals surface area (Å²) < 4.78 is 4.80. The minimum absolute atomic E-state index is 0.0737. The van der Waals surface area contributed by atoms with Crippen LogP contribution in [0.25, 0.3) is 0 Å². The quantitative estimate of drug-likeness (QED) is 0.415. The predicted molar refractivity (Wildman–Crippen MR) is 49.2 cm³/mol. The molecule has 0 atom stereocenters. The number of nitrogens with zero attached hydrogens (tertiary/aromatic N) is 1. The summed E-state index contributed by atoms with van der Waals surface area (Å²) in [7, 11) is 1.44. The maximum absolute atomic E-state index is 10.7. The lowest BCUT2D eigenvalue weighted by atomic mass is 10.1. The standard InChI is InChI=1S/C9H9NO4/c1-14-6-8-4-2-3-7(5-11)9(8)10(12)13/h2-5H,6H2,1H3. The fraction of sp³-hybridized carbons (Fsp3) is 0.222. The van der Waals surface area contributed by atoms with Gasteiger partial charge in [0.25, 0.3) is 5.69 Å². The molecule has 1 aromatic carbocycles. The molecule has 0 heterocycles. The zero-order valence-corrected chi connectivity index (χ0v) is 7.60. The average molecular weight is 195 g/mol. The summed E-state index contributed by atoms with van der Waals surface area (Å²) in [4.78, 5) is 20.6. The predicted octanol–water partition coefficient (Wildman–Crippen LogP) is 1.55. The Hall–Kier alpha value is -1.75. The van der Waals surface area contributed by atoms with Crippen LogP contribution in [0.5, 0.6) is 0 Å². The third-order valence-corrected chi connectivity index (χ3v) is 1.76. The molecule has 0 aliphatic rings. The number of nitro benzene ring substituents is 1. The van der Waals surface area contributed by atoms with Gasteiger partial charge in [0.05, 0.1) is 22.7 Å². The Morgan fingerprint density at radius 3 is 2.79 bits per heavy atom. The van der Waals surface area contributed by atoms with E-state index in [0.29, 0.717) is 11.8 Å². The van der Waals surface area contributed by atoms with Crippen LogP contribution >= 0.6 is 0 Å². The molecule has 0 aliphatic heterocycles. The highest BCUT2D eigenvalue weighted by atomic mass is 16.6. The minimum atomic E-state index is -0.571. The molecule has 0 bridgehead atoms. The van der Waals surface area contributed by atoms with E-state index < -0.39 is 4.92 Å². The first kappa shape index (κ1) is 10.3. The molecule has 0 aliphatic carbocycles. The van der Waals surface area contributed by atoms with Gasteiger partial charge in [-0.2, -0.15) is 0 Å². The van der Waals surface area contributed by atoms with Crippen LogP contribution in [0.1, 0.15) is 15.9 Å². The molecule has 14 heavy (non-hydrogen) atoms. The second-order valence-corrected chi connectivity index (χ2v) is 2.66. The van der Waals surface area contributed by atoms with Gasteiger partial charge in [-0.3, -0.25) is 14.9 Å². The smallest absolute Gasteiger partial charge is 0.285 e. The summed E-state index contributed by atoms with van der Waals surface area (Å²) in [6, 6.07) is 4.56. The average Bonchev–Trinajstić information content (AvgIpc) is 2.17. The molecule has 5 heteroatoms. The van der Waals surface area contributed by atoms with Crippen molar-refractivity contribution in [3.8, 4) is 0 Å². The van der Waals surface area contributed by atoms with Gasteiger partial charge in [-0.1, -0.05) is 6.07 Å². The van der Waals surface area contributed by atoms with Gasteiger partial charge >= 0.3 is 0 Å². The van der Waals surface area contributed by atoms with E-state index >= 15 is 0 Å². The number of hydrogen-bond acceptors (Lipinski definition) is 4. The van der Waals surface area contributed by atoms with Crippen molar-refractivity contribution in [2.24, 2.45) is 0 Å². The molecule has 0 N–H and O–H groups in total. The number of nitro groups is 1.